The first-order valence-electron chi connectivity index (χ1n) is 5.82. The lowest BCUT2D eigenvalue weighted by Gasteiger charge is -2.05. The maximum Gasteiger partial charge on any atom is 0.184 e. The van der Waals surface area contributed by atoms with Crippen molar-refractivity contribution in [1.82, 2.24) is 9.97 Å². The number of hydrogen-bond donors (Lipinski definition) is 1. The van der Waals surface area contributed by atoms with Gasteiger partial charge in [-0.25, -0.2) is 4.98 Å². The second kappa shape index (κ2) is 4.74. The van der Waals surface area contributed by atoms with E-state index in [9.17, 15) is 0 Å². The number of aryl methyl sites for hydroxylation is 1. The van der Waals surface area contributed by atoms with Crippen LogP contribution < -0.4 is 5.32 Å². The van der Waals surface area contributed by atoms with E-state index in [0.29, 0.717) is 0 Å². The Kier molecular flexibility index (Phi) is 2.94. The third-order valence-electron chi connectivity index (χ3n) is 2.86. The van der Waals surface area contributed by atoms with E-state index in [-0.39, 0.29) is 0 Å². The monoisotopic (exact) mass is 255 g/mol. The normalized spacial score (nSPS) is 10.7. The number of para-hydroxylation sites is 1. The summed E-state index contributed by atoms with van der Waals surface area (Å²) in [6.45, 7) is 2.86. The third-order valence-corrected chi connectivity index (χ3v) is 3.85. The van der Waals surface area contributed by atoms with Crippen LogP contribution in [0.1, 0.15) is 11.1 Å². The summed E-state index contributed by atoms with van der Waals surface area (Å²) in [6, 6.07) is 10.2. The van der Waals surface area contributed by atoms with Crippen molar-refractivity contribution in [3.8, 4) is 0 Å². The quantitative estimate of drug-likeness (QED) is 0.777. The van der Waals surface area contributed by atoms with E-state index in [1.165, 1.54) is 15.8 Å². The van der Waals surface area contributed by atoms with Crippen LogP contribution in [0.3, 0.4) is 0 Å². The van der Waals surface area contributed by atoms with Gasteiger partial charge < -0.3 is 5.32 Å². The Morgan fingerprint density at radius 3 is 2.94 bits per heavy atom. The summed E-state index contributed by atoms with van der Waals surface area (Å²) in [7, 11) is 0. The van der Waals surface area contributed by atoms with Crippen LogP contribution in [0, 0.1) is 6.92 Å². The first kappa shape index (κ1) is 11.2. The molecule has 3 aromatic rings. The Morgan fingerprint density at radius 2 is 2.11 bits per heavy atom. The summed E-state index contributed by atoms with van der Waals surface area (Å²) < 4.78 is 1.21. The molecule has 3 rings (SSSR count). The predicted octanol–water partition coefficient (Wildman–Crippen LogP) is 3.61. The van der Waals surface area contributed by atoms with Crippen LogP contribution in [0.5, 0.6) is 0 Å². The highest BCUT2D eigenvalue weighted by molar-refractivity contribution is 7.22. The molecule has 0 bridgehead atoms. The fraction of sp³-hybridized carbons (Fsp3) is 0.143. The fourth-order valence-electron chi connectivity index (χ4n) is 1.82. The zero-order valence-electron chi connectivity index (χ0n) is 10.1. The van der Waals surface area contributed by atoms with E-state index in [1.54, 1.807) is 11.3 Å². The highest BCUT2D eigenvalue weighted by Crippen LogP contribution is 2.25. The number of anilines is 1. The molecule has 0 radical (unpaired) electrons. The minimum absolute atomic E-state index is 0.786. The number of thiazole rings is 1. The van der Waals surface area contributed by atoms with E-state index in [1.807, 2.05) is 36.7 Å². The molecule has 0 atom stereocenters. The number of rotatable bonds is 3. The standard InChI is InChI=1S/C14H13N3S/c1-10-8-15-7-6-11(10)9-16-14-17-12-4-2-3-5-13(12)18-14/h2-8H,9H2,1H3,(H,16,17). The first-order chi connectivity index (χ1) is 8.83. The van der Waals surface area contributed by atoms with Gasteiger partial charge in [-0.05, 0) is 36.2 Å². The molecule has 0 amide bonds. The van der Waals surface area contributed by atoms with Gasteiger partial charge in [0.2, 0.25) is 0 Å². The molecular formula is C14H13N3S. The molecule has 0 aliphatic rings. The Hall–Kier alpha value is -1.94. The van der Waals surface area contributed by atoms with Crippen molar-refractivity contribution in [2.45, 2.75) is 13.5 Å². The molecule has 0 spiro atoms. The number of nitrogens with zero attached hydrogens (tertiary/aromatic N) is 2. The van der Waals surface area contributed by atoms with Gasteiger partial charge in [-0.3, -0.25) is 4.98 Å². The SMILES string of the molecule is Cc1cnccc1CNc1nc2ccccc2s1. The fourth-order valence-corrected chi connectivity index (χ4v) is 2.68. The second-order valence-electron chi connectivity index (χ2n) is 4.14. The van der Waals surface area contributed by atoms with Crippen LogP contribution in [0.25, 0.3) is 10.2 Å². The molecule has 2 aromatic heterocycles. The summed E-state index contributed by atoms with van der Waals surface area (Å²) in [6.07, 6.45) is 3.71. The van der Waals surface area contributed by atoms with Crippen molar-refractivity contribution in [3.05, 3.63) is 53.9 Å². The van der Waals surface area contributed by atoms with Gasteiger partial charge in [-0.1, -0.05) is 23.5 Å². The Bertz CT molecular complexity index is 642. The van der Waals surface area contributed by atoms with Gasteiger partial charge in [0.25, 0.3) is 0 Å². The van der Waals surface area contributed by atoms with Gasteiger partial charge >= 0.3 is 0 Å². The van der Waals surface area contributed by atoms with Gasteiger partial charge in [0, 0.05) is 18.9 Å². The molecule has 0 saturated heterocycles. The molecule has 0 fully saturated rings. The number of fused-ring (bicyclic) bond motifs is 1. The lowest BCUT2D eigenvalue weighted by molar-refractivity contribution is 1.09. The van der Waals surface area contributed by atoms with Crippen LogP contribution in [-0.2, 0) is 6.54 Å². The van der Waals surface area contributed by atoms with Crippen molar-refractivity contribution >= 4 is 26.7 Å². The van der Waals surface area contributed by atoms with Crippen molar-refractivity contribution < 1.29 is 0 Å². The van der Waals surface area contributed by atoms with Crippen LogP contribution >= 0.6 is 11.3 Å². The molecule has 0 saturated carbocycles. The Labute approximate surface area is 110 Å². The minimum Gasteiger partial charge on any atom is -0.357 e. The average molecular weight is 255 g/mol. The molecule has 0 aliphatic carbocycles. The van der Waals surface area contributed by atoms with Crippen LogP contribution in [-0.4, -0.2) is 9.97 Å². The summed E-state index contributed by atoms with van der Waals surface area (Å²) >= 11 is 1.68. The molecule has 3 nitrogen and oxygen atoms in total. The van der Waals surface area contributed by atoms with Gasteiger partial charge in [0.1, 0.15) is 0 Å². The van der Waals surface area contributed by atoms with E-state index in [2.05, 4.69) is 28.3 Å². The van der Waals surface area contributed by atoms with Gasteiger partial charge in [0.15, 0.2) is 5.13 Å². The highest BCUT2D eigenvalue weighted by Gasteiger charge is 2.03. The second-order valence-corrected chi connectivity index (χ2v) is 5.17. The van der Waals surface area contributed by atoms with E-state index < -0.39 is 0 Å². The van der Waals surface area contributed by atoms with Crippen LogP contribution in [0.2, 0.25) is 0 Å². The van der Waals surface area contributed by atoms with Crippen molar-refractivity contribution in [1.29, 1.82) is 0 Å². The van der Waals surface area contributed by atoms with E-state index in [4.69, 9.17) is 0 Å². The maximum absolute atomic E-state index is 4.55. The summed E-state index contributed by atoms with van der Waals surface area (Å²) in [5, 5.41) is 4.34. The first-order valence-corrected chi connectivity index (χ1v) is 6.63. The zero-order valence-corrected chi connectivity index (χ0v) is 10.9. The van der Waals surface area contributed by atoms with E-state index >= 15 is 0 Å². The van der Waals surface area contributed by atoms with Crippen molar-refractivity contribution in [2.75, 3.05) is 5.32 Å². The van der Waals surface area contributed by atoms with E-state index in [0.717, 1.165) is 17.2 Å². The predicted molar refractivity (Wildman–Crippen MR) is 75.9 cm³/mol. The third kappa shape index (κ3) is 2.19. The number of nitrogens with one attached hydrogen (secondary N) is 1. The minimum atomic E-state index is 0.786. The number of hydrogen-bond acceptors (Lipinski definition) is 4. The summed E-state index contributed by atoms with van der Waals surface area (Å²) in [5.74, 6) is 0. The average Bonchev–Trinajstić information content (AvgIpc) is 2.80. The van der Waals surface area contributed by atoms with Crippen molar-refractivity contribution in [2.24, 2.45) is 0 Å². The number of pyridine rings is 1. The maximum atomic E-state index is 4.55. The highest BCUT2D eigenvalue weighted by atomic mass is 32.1. The topological polar surface area (TPSA) is 37.8 Å². The lowest BCUT2D eigenvalue weighted by atomic mass is 10.2. The lowest BCUT2D eigenvalue weighted by Crippen LogP contribution is -2.00. The molecular weight excluding hydrogens is 242 g/mol. The number of benzene rings is 1. The smallest absolute Gasteiger partial charge is 0.184 e. The summed E-state index contributed by atoms with van der Waals surface area (Å²) in [4.78, 5) is 8.64. The van der Waals surface area contributed by atoms with Gasteiger partial charge in [0.05, 0.1) is 10.2 Å². The number of aromatic nitrogens is 2. The molecule has 2 heterocycles. The Balaban J connectivity index is 1.79. The molecule has 18 heavy (non-hydrogen) atoms. The molecule has 0 unspecified atom stereocenters. The molecule has 1 N–H and O–H groups in total. The van der Waals surface area contributed by atoms with Crippen LogP contribution in [0.15, 0.2) is 42.7 Å². The van der Waals surface area contributed by atoms with Gasteiger partial charge in [-0.15, -0.1) is 0 Å². The molecule has 90 valence electrons. The largest absolute Gasteiger partial charge is 0.357 e. The molecule has 1 aromatic carbocycles. The molecule has 0 aliphatic heterocycles. The Morgan fingerprint density at radius 1 is 1.22 bits per heavy atom. The zero-order chi connectivity index (χ0) is 12.4. The van der Waals surface area contributed by atoms with Gasteiger partial charge in [-0.2, -0.15) is 0 Å². The van der Waals surface area contributed by atoms with Crippen LogP contribution in [0.4, 0.5) is 5.13 Å². The summed E-state index contributed by atoms with van der Waals surface area (Å²) in [5.41, 5.74) is 3.51. The molecule has 4 heteroatoms. The van der Waals surface area contributed by atoms with Crippen molar-refractivity contribution in [3.63, 3.8) is 0 Å².